The maximum Gasteiger partial charge on any atom is 0.336 e. The highest BCUT2D eigenvalue weighted by molar-refractivity contribution is 7.20. The van der Waals surface area contributed by atoms with Gasteiger partial charge in [-0.05, 0) is 60.4 Å². The zero-order chi connectivity index (χ0) is 25.5. The number of pyridine rings is 1. The fourth-order valence-electron chi connectivity index (χ4n) is 4.01. The molecule has 7 heteroatoms. The number of methoxy groups -OCH3 is 2. The van der Waals surface area contributed by atoms with Gasteiger partial charge in [0.15, 0.2) is 17.2 Å². The van der Waals surface area contributed by atoms with Crippen LogP contribution in [0.5, 0.6) is 23.0 Å². The molecule has 0 atom stereocenters. The fraction of sp³-hybridized carbons (Fsp3) is 0.241. The van der Waals surface area contributed by atoms with Crippen LogP contribution in [0.3, 0.4) is 0 Å². The van der Waals surface area contributed by atoms with Gasteiger partial charge in [-0.15, -0.1) is 11.3 Å². The van der Waals surface area contributed by atoms with E-state index in [2.05, 4.69) is 18.0 Å². The van der Waals surface area contributed by atoms with Crippen LogP contribution in [0.4, 0.5) is 0 Å². The second kappa shape index (κ2) is 11.7. The number of nitrogens with zero attached hydrogens (tertiary/aromatic N) is 1. The number of ether oxygens (including phenoxy) is 3. The highest BCUT2D eigenvalue weighted by Gasteiger charge is 2.20. The molecular formula is C29H29NO5S. The molecule has 0 unspecified atom stereocenters. The Morgan fingerprint density at radius 2 is 1.78 bits per heavy atom. The number of aromatic nitrogens is 1. The van der Waals surface area contributed by atoms with E-state index >= 15 is 0 Å². The summed E-state index contributed by atoms with van der Waals surface area (Å²) in [5.41, 5.74) is 1.93. The lowest BCUT2D eigenvalue weighted by atomic mass is 10.1. The Morgan fingerprint density at radius 1 is 1.03 bits per heavy atom. The van der Waals surface area contributed by atoms with E-state index in [1.807, 2.05) is 30.3 Å². The molecule has 0 bridgehead atoms. The van der Waals surface area contributed by atoms with Crippen LogP contribution in [0.15, 0.2) is 60.9 Å². The minimum absolute atomic E-state index is 0.154. The van der Waals surface area contributed by atoms with Gasteiger partial charge in [0, 0.05) is 28.5 Å². The Bertz CT molecular complexity index is 1380. The van der Waals surface area contributed by atoms with E-state index < -0.39 is 5.97 Å². The van der Waals surface area contributed by atoms with Crippen molar-refractivity contribution in [2.75, 3.05) is 14.2 Å². The lowest BCUT2D eigenvalue weighted by molar-refractivity contribution is -0.130. The summed E-state index contributed by atoms with van der Waals surface area (Å²) in [5.74, 6) is 1.42. The molecule has 4 rings (SSSR count). The first-order valence-corrected chi connectivity index (χ1v) is 12.7. The quantitative estimate of drug-likeness (QED) is 0.169. The predicted molar refractivity (Wildman–Crippen MR) is 144 cm³/mol. The highest BCUT2D eigenvalue weighted by atomic mass is 32.1. The summed E-state index contributed by atoms with van der Waals surface area (Å²) in [6.45, 7) is 2.19. The van der Waals surface area contributed by atoms with E-state index in [0.717, 1.165) is 22.9 Å². The highest BCUT2D eigenvalue weighted by Crippen LogP contribution is 2.46. The van der Waals surface area contributed by atoms with Gasteiger partial charge in [-0.3, -0.25) is 4.98 Å². The molecule has 0 saturated heterocycles. The van der Waals surface area contributed by atoms with Crippen molar-refractivity contribution in [1.29, 1.82) is 0 Å². The fourth-order valence-corrected chi connectivity index (χ4v) is 5.10. The number of thiophene rings is 1. The molecule has 0 aliphatic rings. The summed E-state index contributed by atoms with van der Waals surface area (Å²) in [7, 11) is 3.18. The molecule has 4 aromatic rings. The number of hydrogen-bond acceptors (Lipinski definition) is 6. The van der Waals surface area contributed by atoms with Gasteiger partial charge in [0.25, 0.3) is 0 Å². The molecule has 186 valence electrons. The molecular weight excluding hydrogens is 474 g/mol. The third-order valence-electron chi connectivity index (χ3n) is 5.86. The normalized spacial score (nSPS) is 11.5. The molecule has 0 saturated carbocycles. The van der Waals surface area contributed by atoms with Crippen LogP contribution in [0.25, 0.3) is 21.7 Å². The average molecular weight is 504 g/mol. The minimum Gasteiger partial charge on any atom is -0.493 e. The first-order valence-electron chi connectivity index (χ1n) is 11.8. The number of benzene rings is 2. The second-order valence-electron chi connectivity index (χ2n) is 8.30. The van der Waals surface area contributed by atoms with Gasteiger partial charge in [-0.2, -0.15) is 0 Å². The zero-order valence-corrected chi connectivity index (χ0v) is 21.4. The van der Waals surface area contributed by atoms with Crippen molar-refractivity contribution in [3.8, 4) is 23.0 Å². The molecule has 0 spiro atoms. The van der Waals surface area contributed by atoms with Crippen molar-refractivity contribution in [3.05, 3.63) is 76.9 Å². The summed E-state index contributed by atoms with van der Waals surface area (Å²) in [6, 6.07) is 15.2. The van der Waals surface area contributed by atoms with E-state index in [4.69, 9.17) is 14.2 Å². The molecule has 36 heavy (non-hydrogen) atoms. The van der Waals surface area contributed by atoms with Crippen LogP contribution in [-0.4, -0.2) is 30.3 Å². The van der Waals surface area contributed by atoms with Gasteiger partial charge in [-0.1, -0.05) is 31.9 Å². The van der Waals surface area contributed by atoms with Gasteiger partial charge >= 0.3 is 5.97 Å². The summed E-state index contributed by atoms with van der Waals surface area (Å²) in [6.07, 6.45) is 9.27. The Kier molecular flexibility index (Phi) is 8.23. The molecule has 2 aromatic heterocycles. The summed E-state index contributed by atoms with van der Waals surface area (Å²) in [4.78, 5) is 16.9. The third-order valence-corrected chi connectivity index (χ3v) is 6.94. The van der Waals surface area contributed by atoms with Gasteiger partial charge in [-0.25, -0.2) is 4.79 Å². The lowest BCUT2D eigenvalue weighted by Crippen LogP contribution is -1.99. The van der Waals surface area contributed by atoms with Gasteiger partial charge in [0.2, 0.25) is 0 Å². The van der Waals surface area contributed by atoms with Gasteiger partial charge < -0.3 is 19.3 Å². The number of rotatable bonds is 11. The smallest absolute Gasteiger partial charge is 0.336 e. The number of fused-ring (bicyclic) bond motifs is 1. The first-order chi connectivity index (χ1) is 17.5. The first kappa shape index (κ1) is 25.3. The number of unbranched alkanes of at least 4 members (excludes halogenated alkanes) is 2. The molecule has 0 radical (unpaired) electrons. The van der Waals surface area contributed by atoms with Crippen molar-refractivity contribution < 1.29 is 24.1 Å². The van der Waals surface area contributed by atoms with Crippen LogP contribution in [0.2, 0.25) is 0 Å². The van der Waals surface area contributed by atoms with Crippen LogP contribution in [-0.2, 0) is 11.2 Å². The second-order valence-corrected chi connectivity index (χ2v) is 9.39. The van der Waals surface area contributed by atoms with E-state index in [-0.39, 0.29) is 5.57 Å². The van der Waals surface area contributed by atoms with Crippen LogP contribution in [0.1, 0.15) is 42.2 Å². The summed E-state index contributed by atoms with van der Waals surface area (Å²) >= 11 is 1.44. The third kappa shape index (κ3) is 5.69. The number of hydrogen-bond donors (Lipinski definition) is 1. The number of aryl methyl sites for hydroxylation is 1. The largest absolute Gasteiger partial charge is 0.493 e. The van der Waals surface area contributed by atoms with Crippen molar-refractivity contribution in [2.45, 2.75) is 32.6 Å². The minimum atomic E-state index is -1.03. The van der Waals surface area contributed by atoms with Crippen LogP contribution >= 0.6 is 11.3 Å². The number of carboxylic acid groups (broad SMARTS) is 1. The maximum atomic E-state index is 12.2. The molecule has 0 aliphatic heterocycles. The van der Waals surface area contributed by atoms with E-state index in [9.17, 15) is 9.90 Å². The van der Waals surface area contributed by atoms with Crippen molar-refractivity contribution >= 4 is 39.0 Å². The SMILES string of the molecule is CCCCCc1cccc(Oc2c(C=C(C(=O)O)c3ccncc3)sc3cc(OC)c(OC)cc23)c1. The van der Waals surface area contributed by atoms with Crippen LogP contribution < -0.4 is 14.2 Å². The monoisotopic (exact) mass is 503 g/mol. The molecule has 6 nitrogen and oxygen atoms in total. The summed E-state index contributed by atoms with van der Waals surface area (Å²) in [5, 5.41) is 10.8. The standard InChI is InChI=1S/C29H29NO5S/c1-4-5-6-8-19-9-7-10-21(15-19)35-28-23-16-24(33-2)25(34-3)18-26(23)36-27(28)17-22(29(31)32)20-11-13-30-14-12-20/h7,9-18H,4-6,8H2,1-3H3,(H,31,32). The molecule has 2 heterocycles. The van der Waals surface area contributed by atoms with Gasteiger partial charge in [0.1, 0.15) is 5.75 Å². The predicted octanol–water partition coefficient (Wildman–Crippen LogP) is 7.46. The maximum absolute atomic E-state index is 12.2. The Hall–Kier alpha value is -3.84. The van der Waals surface area contributed by atoms with Crippen molar-refractivity contribution in [2.24, 2.45) is 0 Å². The molecule has 2 aromatic carbocycles. The van der Waals surface area contributed by atoms with E-state index in [0.29, 0.717) is 33.4 Å². The Labute approximate surface area is 214 Å². The number of carbonyl (C=O) groups is 1. The van der Waals surface area contributed by atoms with E-state index in [1.54, 1.807) is 44.8 Å². The summed E-state index contributed by atoms with van der Waals surface area (Å²) < 4.78 is 18.4. The molecule has 1 N–H and O–H groups in total. The molecule has 0 aliphatic carbocycles. The van der Waals surface area contributed by atoms with Crippen LogP contribution in [0, 0.1) is 0 Å². The number of carboxylic acids is 1. The van der Waals surface area contributed by atoms with Crippen molar-refractivity contribution in [3.63, 3.8) is 0 Å². The Morgan fingerprint density at radius 3 is 2.47 bits per heavy atom. The van der Waals surface area contributed by atoms with Gasteiger partial charge in [0.05, 0.1) is 24.7 Å². The molecule has 0 amide bonds. The van der Waals surface area contributed by atoms with E-state index in [1.165, 1.54) is 29.7 Å². The molecule has 0 fully saturated rings. The lowest BCUT2D eigenvalue weighted by Gasteiger charge is -2.11. The van der Waals surface area contributed by atoms with Crippen molar-refractivity contribution in [1.82, 2.24) is 4.98 Å². The average Bonchev–Trinajstić information content (AvgIpc) is 3.22. The zero-order valence-electron chi connectivity index (χ0n) is 20.6. The topological polar surface area (TPSA) is 77.9 Å². The Balaban J connectivity index is 1.84. The number of aliphatic carboxylic acids is 1.